The van der Waals surface area contributed by atoms with Gasteiger partial charge in [0.15, 0.2) is 0 Å². The maximum Gasteiger partial charge on any atom is 0.0975 e. The van der Waals surface area contributed by atoms with E-state index in [0.717, 1.165) is 11.1 Å². The number of rotatable bonds is 3. The maximum atomic E-state index is 9.95. The van der Waals surface area contributed by atoms with Crippen LogP contribution in [0.5, 0.6) is 0 Å². The first-order valence-electron chi connectivity index (χ1n) is 5.73. The summed E-state index contributed by atoms with van der Waals surface area (Å²) in [6, 6.07) is 17.9. The summed E-state index contributed by atoms with van der Waals surface area (Å²) in [5.41, 5.74) is 3.26. The van der Waals surface area contributed by atoms with Crippen molar-refractivity contribution in [1.29, 1.82) is 0 Å². The Morgan fingerprint density at radius 3 is 2.24 bits per heavy atom. The second kappa shape index (κ2) is 5.46. The first-order valence-corrected chi connectivity index (χ1v) is 5.73. The van der Waals surface area contributed by atoms with E-state index in [1.165, 1.54) is 5.56 Å². The van der Waals surface area contributed by atoms with Crippen LogP contribution in [0.2, 0.25) is 0 Å². The van der Waals surface area contributed by atoms with E-state index in [9.17, 15) is 5.11 Å². The predicted molar refractivity (Wildman–Crippen MR) is 71.6 cm³/mol. The van der Waals surface area contributed by atoms with Crippen LogP contribution in [0.1, 0.15) is 22.8 Å². The van der Waals surface area contributed by atoms with Crippen molar-refractivity contribution in [3.8, 4) is 0 Å². The van der Waals surface area contributed by atoms with Gasteiger partial charge in [-0.1, -0.05) is 72.3 Å². The average molecular weight is 224 g/mol. The Morgan fingerprint density at radius 2 is 1.59 bits per heavy atom. The third kappa shape index (κ3) is 3.30. The summed E-state index contributed by atoms with van der Waals surface area (Å²) in [4.78, 5) is 0. The summed E-state index contributed by atoms with van der Waals surface area (Å²) >= 11 is 0. The molecular weight excluding hydrogens is 208 g/mol. The molecule has 86 valence electrons. The largest absolute Gasteiger partial charge is 0.384 e. The first-order chi connectivity index (χ1) is 8.25. The van der Waals surface area contributed by atoms with Crippen molar-refractivity contribution in [2.24, 2.45) is 0 Å². The van der Waals surface area contributed by atoms with Crippen LogP contribution in [0.3, 0.4) is 0 Å². The molecule has 0 aliphatic heterocycles. The molecule has 0 aliphatic carbocycles. The molecule has 1 atom stereocenters. The van der Waals surface area contributed by atoms with Gasteiger partial charge in [0.25, 0.3) is 0 Å². The molecule has 2 aromatic carbocycles. The lowest BCUT2D eigenvalue weighted by molar-refractivity contribution is 0.229. The van der Waals surface area contributed by atoms with Crippen LogP contribution in [0, 0.1) is 6.92 Å². The van der Waals surface area contributed by atoms with Crippen molar-refractivity contribution in [3.05, 3.63) is 77.4 Å². The van der Waals surface area contributed by atoms with E-state index in [0.29, 0.717) is 0 Å². The molecule has 0 aromatic heterocycles. The normalized spacial score (nSPS) is 12.8. The van der Waals surface area contributed by atoms with Crippen molar-refractivity contribution in [2.75, 3.05) is 0 Å². The smallest absolute Gasteiger partial charge is 0.0975 e. The van der Waals surface area contributed by atoms with E-state index < -0.39 is 6.10 Å². The second-order valence-corrected chi connectivity index (χ2v) is 4.13. The summed E-state index contributed by atoms with van der Waals surface area (Å²) in [6.07, 6.45) is 3.20. The molecule has 0 saturated carbocycles. The highest BCUT2D eigenvalue weighted by Crippen LogP contribution is 2.15. The fourth-order valence-electron chi connectivity index (χ4n) is 1.64. The van der Waals surface area contributed by atoms with Gasteiger partial charge in [0, 0.05) is 0 Å². The fraction of sp³-hybridized carbons (Fsp3) is 0.125. The molecule has 0 radical (unpaired) electrons. The lowest BCUT2D eigenvalue weighted by Gasteiger charge is -2.05. The van der Waals surface area contributed by atoms with E-state index >= 15 is 0 Å². The molecule has 1 nitrogen and oxygen atoms in total. The van der Waals surface area contributed by atoms with Gasteiger partial charge < -0.3 is 5.11 Å². The van der Waals surface area contributed by atoms with E-state index in [1.807, 2.05) is 48.5 Å². The van der Waals surface area contributed by atoms with E-state index in [1.54, 1.807) is 6.08 Å². The quantitative estimate of drug-likeness (QED) is 0.842. The topological polar surface area (TPSA) is 20.2 Å². The molecule has 1 unspecified atom stereocenters. The highest BCUT2D eigenvalue weighted by atomic mass is 16.3. The van der Waals surface area contributed by atoms with Crippen LogP contribution >= 0.6 is 0 Å². The van der Waals surface area contributed by atoms with Gasteiger partial charge in [0.1, 0.15) is 0 Å². The molecule has 2 rings (SSSR count). The van der Waals surface area contributed by atoms with Crippen LogP contribution in [-0.4, -0.2) is 5.11 Å². The second-order valence-electron chi connectivity index (χ2n) is 4.13. The van der Waals surface area contributed by atoms with Crippen molar-refractivity contribution < 1.29 is 5.11 Å². The maximum absolute atomic E-state index is 9.95. The SMILES string of the molecule is Cc1ccc(/C=C/C(O)c2ccccc2)cc1. The van der Waals surface area contributed by atoms with E-state index in [4.69, 9.17) is 0 Å². The van der Waals surface area contributed by atoms with Crippen LogP contribution < -0.4 is 0 Å². The van der Waals surface area contributed by atoms with Crippen molar-refractivity contribution in [1.82, 2.24) is 0 Å². The lowest BCUT2D eigenvalue weighted by atomic mass is 10.1. The minimum atomic E-state index is -0.544. The van der Waals surface area contributed by atoms with Gasteiger partial charge in [0.05, 0.1) is 6.10 Å². The minimum Gasteiger partial charge on any atom is -0.384 e. The zero-order valence-electron chi connectivity index (χ0n) is 9.88. The lowest BCUT2D eigenvalue weighted by Crippen LogP contribution is -1.91. The van der Waals surface area contributed by atoms with Gasteiger partial charge in [-0.2, -0.15) is 0 Å². The summed E-state index contributed by atoms with van der Waals surface area (Å²) in [7, 11) is 0. The van der Waals surface area contributed by atoms with Crippen molar-refractivity contribution >= 4 is 6.08 Å². The Hall–Kier alpha value is -1.86. The molecule has 2 aromatic rings. The third-order valence-corrected chi connectivity index (χ3v) is 2.69. The summed E-state index contributed by atoms with van der Waals surface area (Å²) in [5, 5.41) is 9.95. The molecule has 0 spiro atoms. The highest BCUT2D eigenvalue weighted by molar-refractivity contribution is 5.50. The fourth-order valence-corrected chi connectivity index (χ4v) is 1.64. The van der Waals surface area contributed by atoms with E-state index in [-0.39, 0.29) is 0 Å². The highest BCUT2D eigenvalue weighted by Gasteiger charge is 2.00. The van der Waals surface area contributed by atoms with Crippen molar-refractivity contribution in [3.63, 3.8) is 0 Å². The molecule has 0 aliphatic rings. The molecule has 0 fully saturated rings. The van der Waals surface area contributed by atoms with E-state index in [2.05, 4.69) is 19.1 Å². The standard InChI is InChI=1S/C16H16O/c1-13-7-9-14(10-8-13)11-12-16(17)15-5-3-2-4-6-15/h2-12,16-17H,1H3/b12-11+. The summed E-state index contributed by atoms with van der Waals surface area (Å²) in [6.45, 7) is 2.06. The van der Waals surface area contributed by atoms with Gasteiger partial charge in [-0.05, 0) is 18.1 Å². The van der Waals surface area contributed by atoms with Crippen molar-refractivity contribution in [2.45, 2.75) is 13.0 Å². The Kier molecular flexibility index (Phi) is 3.73. The number of benzene rings is 2. The molecule has 1 N–H and O–H groups in total. The summed E-state index contributed by atoms with van der Waals surface area (Å²) < 4.78 is 0. The Labute approximate surface area is 102 Å². The molecule has 0 heterocycles. The average Bonchev–Trinajstić information content (AvgIpc) is 2.39. The zero-order valence-corrected chi connectivity index (χ0v) is 9.88. The Bertz CT molecular complexity index is 483. The van der Waals surface area contributed by atoms with Gasteiger partial charge in [-0.3, -0.25) is 0 Å². The molecule has 0 saturated heterocycles. The third-order valence-electron chi connectivity index (χ3n) is 2.69. The molecular formula is C16H16O. The van der Waals surface area contributed by atoms with Crippen LogP contribution in [0.4, 0.5) is 0 Å². The summed E-state index contributed by atoms with van der Waals surface area (Å²) in [5.74, 6) is 0. The molecule has 0 bridgehead atoms. The number of aliphatic hydroxyl groups excluding tert-OH is 1. The number of hydrogen-bond acceptors (Lipinski definition) is 1. The van der Waals surface area contributed by atoms with Crippen LogP contribution in [-0.2, 0) is 0 Å². The van der Waals surface area contributed by atoms with Gasteiger partial charge >= 0.3 is 0 Å². The monoisotopic (exact) mass is 224 g/mol. The van der Waals surface area contributed by atoms with Crippen LogP contribution in [0.25, 0.3) is 6.08 Å². The molecule has 17 heavy (non-hydrogen) atoms. The number of hydrogen-bond donors (Lipinski definition) is 1. The first kappa shape index (κ1) is 11.6. The van der Waals surface area contributed by atoms with Gasteiger partial charge in [-0.15, -0.1) is 0 Å². The molecule has 1 heteroatoms. The Balaban J connectivity index is 2.08. The van der Waals surface area contributed by atoms with Gasteiger partial charge in [-0.25, -0.2) is 0 Å². The zero-order chi connectivity index (χ0) is 12.1. The van der Waals surface area contributed by atoms with Gasteiger partial charge in [0.2, 0.25) is 0 Å². The molecule has 0 amide bonds. The van der Waals surface area contributed by atoms with Crippen LogP contribution in [0.15, 0.2) is 60.7 Å². The Morgan fingerprint density at radius 1 is 0.941 bits per heavy atom. The minimum absolute atomic E-state index is 0.544. The number of aliphatic hydroxyl groups is 1. The number of aryl methyl sites for hydroxylation is 1. The predicted octanol–water partition coefficient (Wildman–Crippen LogP) is 3.74.